The topological polar surface area (TPSA) is 60.1 Å². The van der Waals surface area contributed by atoms with Crippen molar-refractivity contribution in [2.75, 3.05) is 13.6 Å². The van der Waals surface area contributed by atoms with Crippen molar-refractivity contribution < 1.29 is 4.79 Å². The van der Waals surface area contributed by atoms with Crippen LogP contribution in [0.4, 0.5) is 0 Å². The Morgan fingerprint density at radius 2 is 1.70 bits per heavy atom. The fourth-order valence-electron chi connectivity index (χ4n) is 3.32. The normalized spacial score (nSPS) is 11.1. The van der Waals surface area contributed by atoms with Crippen LogP contribution >= 0.6 is 0 Å². The maximum absolute atomic E-state index is 13.0. The highest BCUT2D eigenvalue weighted by Crippen LogP contribution is 2.22. The Morgan fingerprint density at radius 3 is 2.44 bits per heavy atom. The predicted octanol–water partition coefficient (Wildman–Crippen LogP) is 2.51. The molecule has 0 aliphatic carbocycles. The first-order valence-corrected chi connectivity index (χ1v) is 8.87. The van der Waals surface area contributed by atoms with Gasteiger partial charge in [0.05, 0.1) is 12.1 Å². The van der Waals surface area contributed by atoms with Crippen LogP contribution in [0.3, 0.4) is 0 Å². The second-order valence-electron chi connectivity index (χ2n) is 6.54. The number of amides is 1. The minimum atomic E-state index is -0.141. The Hall–Kier alpha value is -3.41. The SMILES string of the molecule is CN(CCn1cccn1)C(=O)Cn1c(=O)c2ccccc2c2ccccc21. The summed E-state index contributed by atoms with van der Waals surface area (Å²) >= 11 is 0. The highest BCUT2D eigenvalue weighted by Gasteiger charge is 2.15. The van der Waals surface area contributed by atoms with Crippen LogP contribution in [0, 0.1) is 0 Å². The zero-order valence-corrected chi connectivity index (χ0v) is 15.1. The lowest BCUT2D eigenvalue weighted by molar-refractivity contribution is -0.130. The molecular weight excluding hydrogens is 340 g/mol. The summed E-state index contributed by atoms with van der Waals surface area (Å²) in [5, 5.41) is 6.66. The van der Waals surface area contributed by atoms with Gasteiger partial charge < -0.3 is 4.90 Å². The summed E-state index contributed by atoms with van der Waals surface area (Å²) in [5.41, 5.74) is 0.633. The molecule has 2 aromatic carbocycles. The fraction of sp³-hybridized carbons (Fsp3) is 0.190. The lowest BCUT2D eigenvalue weighted by Gasteiger charge is -2.19. The van der Waals surface area contributed by atoms with E-state index in [1.54, 1.807) is 27.4 Å². The van der Waals surface area contributed by atoms with Gasteiger partial charge in [-0.05, 0) is 23.6 Å². The Kier molecular flexibility index (Phi) is 4.46. The molecule has 0 saturated heterocycles. The number of likely N-dealkylation sites (N-methyl/N-ethyl adjacent to an activating group) is 1. The standard InChI is InChI=1S/C21H20N4O2/c1-23(13-14-24-12-6-11-22-24)20(26)15-25-19-10-5-4-8-17(19)16-7-2-3-9-18(16)21(25)27/h2-12H,13-15H2,1H3. The van der Waals surface area contributed by atoms with E-state index in [2.05, 4.69) is 5.10 Å². The number of carbonyl (C=O) groups excluding carboxylic acids is 1. The first-order valence-electron chi connectivity index (χ1n) is 8.87. The smallest absolute Gasteiger partial charge is 0.259 e. The first-order chi connectivity index (χ1) is 13.1. The van der Waals surface area contributed by atoms with E-state index in [1.165, 1.54) is 0 Å². The second kappa shape index (κ2) is 7.07. The quantitative estimate of drug-likeness (QED) is 0.514. The zero-order valence-electron chi connectivity index (χ0n) is 15.1. The number of nitrogens with zero attached hydrogens (tertiary/aromatic N) is 4. The monoisotopic (exact) mass is 360 g/mol. The molecule has 0 N–H and O–H groups in total. The average molecular weight is 360 g/mol. The number of pyridine rings is 1. The largest absolute Gasteiger partial charge is 0.342 e. The summed E-state index contributed by atoms with van der Waals surface area (Å²) in [6.07, 6.45) is 3.57. The molecule has 0 fully saturated rings. The van der Waals surface area contributed by atoms with Crippen LogP contribution in [0.15, 0.2) is 71.8 Å². The van der Waals surface area contributed by atoms with Crippen LogP contribution in [0.25, 0.3) is 21.7 Å². The molecule has 136 valence electrons. The van der Waals surface area contributed by atoms with Crippen molar-refractivity contribution in [3.8, 4) is 0 Å². The van der Waals surface area contributed by atoms with Crippen LogP contribution in [-0.2, 0) is 17.9 Å². The van der Waals surface area contributed by atoms with Gasteiger partial charge in [0.2, 0.25) is 5.91 Å². The van der Waals surface area contributed by atoms with Crippen molar-refractivity contribution in [1.29, 1.82) is 0 Å². The van der Waals surface area contributed by atoms with Crippen molar-refractivity contribution in [3.05, 3.63) is 77.3 Å². The molecule has 0 unspecified atom stereocenters. The first kappa shape index (κ1) is 17.0. The summed E-state index contributed by atoms with van der Waals surface area (Å²) in [5.74, 6) is -0.107. The van der Waals surface area contributed by atoms with E-state index >= 15 is 0 Å². The molecule has 6 nitrogen and oxygen atoms in total. The molecule has 2 aromatic heterocycles. The van der Waals surface area contributed by atoms with Gasteiger partial charge in [-0.3, -0.25) is 18.8 Å². The molecular formula is C21H20N4O2. The van der Waals surface area contributed by atoms with Gasteiger partial charge in [-0.25, -0.2) is 0 Å². The fourth-order valence-corrected chi connectivity index (χ4v) is 3.32. The Morgan fingerprint density at radius 1 is 1.00 bits per heavy atom. The van der Waals surface area contributed by atoms with Gasteiger partial charge in [0.1, 0.15) is 6.54 Å². The molecule has 2 heterocycles. The van der Waals surface area contributed by atoms with Crippen LogP contribution < -0.4 is 5.56 Å². The number of aromatic nitrogens is 3. The van der Waals surface area contributed by atoms with Gasteiger partial charge in [0.15, 0.2) is 0 Å². The van der Waals surface area contributed by atoms with E-state index in [4.69, 9.17) is 0 Å². The summed E-state index contributed by atoms with van der Waals surface area (Å²) in [7, 11) is 1.75. The highest BCUT2D eigenvalue weighted by molar-refractivity contribution is 6.05. The third kappa shape index (κ3) is 3.21. The van der Waals surface area contributed by atoms with Crippen molar-refractivity contribution in [3.63, 3.8) is 0 Å². The van der Waals surface area contributed by atoms with E-state index in [-0.39, 0.29) is 18.0 Å². The van der Waals surface area contributed by atoms with Crippen molar-refractivity contribution in [2.24, 2.45) is 0 Å². The Labute approximate surface area is 156 Å². The maximum Gasteiger partial charge on any atom is 0.259 e. The number of fused-ring (bicyclic) bond motifs is 3. The van der Waals surface area contributed by atoms with E-state index in [9.17, 15) is 9.59 Å². The molecule has 0 bridgehead atoms. The van der Waals surface area contributed by atoms with Crippen LogP contribution in [0.5, 0.6) is 0 Å². The number of hydrogen-bond acceptors (Lipinski definition) is 3. The van der Waals surface area contributed by atoms with Gasteiger partial charge in [-0.15, -0.1) is 0 Å². The van der Waals surface area contributed by atoms with Crippen molar-refractivity contribution in [1.82, 2.24) is 19.2 Å². The van der Waals surface area contributed by atoms with Crippen LogP contribution in [-0.4, -0.2) is 38.7 Å². The lowest BCUT2D eigenvalue weighted by atomic mass is 10.1. The third-order valence-electron chi connectivity index (χ3n) is 4.83. The van der Waals surface area contributed by atoms with E-state index < -0.39 is 0 Å². The summed E-state index contributed by atoms with van der Waals surface area (Å²) < 4.78 is 3.35. The van der Waals surface area contributed by atoms with Gasteiger partial charge in [-0.1, -0.05) is 36.4 Å². The third-order valence-corrected chi connectivity index (χ3v) is 4.83. The zero-order chi connectivity index (χ0) is 18.8. The molecule has 0 atom stereocenters. The second-order valence-corrected chi connectivity index (χ2v) is 6.54. The van der Waals surface area contributed by atoms with Gasteiger partial charge in [-0.2, -0.15) is 5.10 Å². The van der Waals surface area contributed by atoms with Crippen LogP contribution in [0.2, 0.25) is 0 Å². The predicted molar refractivity (Wildman–Crippen MR) is 106 cm³/mol. The number of carbonyl (C=O) groups is 1. The molecule has 0 radical (unpaired) electrons. The molecule has 4 aromatic rings. The highest BCUT2D eigenvalue weighted by atomic mass is 16.2. The Balaban J connectivity index is 1.67. The summed E-state index contributed by atoms with van der Waals surface area (Å²) in [6.45, 7) is 1.16. The van der Waals surface area contributed by atoms with E-state index in [0.29, 0.717) is 18.5 Å². The number of para-hydroxylation sites is 1. The molecule has 0 saturated carbocycles. The van der Waals surface area contributed by atoms with E-state index in [1.807, 2.05) is 60.8 Å². The Bertz CT molecular complexity index is 1160. The molecule has 0 spiro atoms. The summed E-state index contributed by atoms with van der Waals surface area (Å²) in [4.78, 5) is 27.4. The molecule has 0 aliphatic heterocycles. The molecule has 4 rings (SSSR count). The molecule has 0 aliphatic rings. The minimum absolute atomic E-state index is 0.0137. The summed E-state index contributed by atoms with van der Waals surface area (Å²) in [6, 6.07) is 17.1. The average Bonchev–Trinajstić information content (AvgIpc) is 3.23. The molecule has 6 heteroatoms. The van der Waals surface area contributed by atoms with Gasteiger partial charge in [0, 0.05) is 36.8 Å². The van der Waals surface area contributed by atoms with Crippen molar-refractivity contribution in [2.45, 2.75) is 13.1 Å². The van der Waals surface area contributed by atoms with E-state index in [0.717, 1.165) is 16.3 Å². The molecule has 1 amide bonds. The molecule has 27 heavy (non-hydrogen) atoms. The van der Waals surface area contributed by atoms with Gasteiger partial charge >= 0.3 is 0 Å². The lowest BCUT2D eigenvalue weighted by Crippen LogP contribution is -2.36. The number of rotatable bonds is 5. The maximum atomic E-state index is 13.0. The van der Waals surface area contributed by atoms with Crippen molar-refractivity contribution >= 4 is 27.6 Å². The number of benzene rings is 2. The van der Waals surface area contributed by atoms with Crippen LogP contribution in [0.1, 0.15) is 0 Å². The number of hydrogen-bond donors (Lipinski definition) is 0. The minimum Gasteiger partial charge on any atom is -0.342 e. The van der Waals surface area contributed by atoms with Gasteiger partial charge in [0.25, 0.3) is 5.56 Å².